The third-order valence-corrected chi connectivity index (χ3v) is 3.17. The van der Waals surface area contributed by atoms with Crippen LogP contribution in [0, 0.1) is 0 Å². The van der Waals surface area contributed by atoms with Crippen molar-refractivity contribution in [3.05, 3.63) is 23.9 Å². The number of rotatable bonds is 5. The second-order valence-corrected chi connectivity index (χ2v) is 4.51. The molecule has 1 aliphatic heterocycles. The highest BCUT2D eigenvalue weighted by Gasteiger charge is 2.10. The molecule has 2 rings (SSSR count). The minimum atomic E-state index is 0.784. The predicted molar refractivity (Wildman–Crippen MR) is 71.3 cm³/mol. The SMILES string of the molecule is NCCCCc1ccc(N2CCNCC2)nc1. The van der Waals surface area contributed by atoms with Gasteiger partial charge in [0.05, 0.1) is 0 Å². The fourth-order valence-corrected chi connectivity index (χ4v) is 2.12. The predicted octanol–water partition coefficient (Wildman–Crippen LogP) is 0.773. The lowest BCUT2D eigenvalue weighted by atomic mass is 10.1. The smallest absolute Gasteiger partial charge is 0.128 e. The van der Waals surface area contributed by atoms with E-state index in [9.17, 15) is 0 Å². The molecule has 1 fully saturated rings. The first-order chi connectivity index (χ1) is 8.40. The number of pyridine rings is 1. The molecule has 0 unspecified atom stereocenters. The first-order valence-corrected chi connectivity index (χ1v) is 6.51. The maximum absolute atomic E-state index is 5.49. The molecule has 1 aromatic rings. The van der Waals surface area contributed by atoms with Crippen molar-refractivity contribution in [2.45, 2.75) is 19.3 Å². The van der Waals surface area contributed by atoms with Crippen LogP contribution in [0.5, 0.6) is 0 Å². The molecule has 0 saturated carbocycles. The van der Waals surface area contributed by atoms with Gasteiger partial charge in [0.2, 0.25) is 0 Å². The number of hydrogen-bond acceptors (Lipinski definition) is 4. The maximum atomic E-state index is 5.49. The topological polar surface area (TPSA) is 54.2 Å². The highest BCUT2D eigenvalue weighted by molar-refractivity contribution is 5.39. The van der Waals surface area contributed by atoms with E-state index in [4.69, 9.17) is 5.73 Å². The zero-order valence-corrected chi connectivity index (χ0v) is 10.4. The average molecular weight is 234 g/mol. The Balaban J connectivity index is 1.88. The number of piperazine rings is 1. The van der Waals surface area contributed by atoms with Crippen LogP contribution in [0.15, 0.2) is 18.3 Å². The van der Waals surface area contributed by atoms with Gasteiger partial charge in [0.1, 0.15) is 5.82 Å². The minimum absolute atomic E-state index is 0.784. The molecule has 4 nitrogen and oxygen atoms in total. The molecule has 0 amide bonds. The molecule has 0 aliphatic carbocycles. The highest BCUT2D eigenvalue weighted by Crippen LogP contribution is 2.13. The van der Waals surface area contributed by atoms with E-state index in [2.05, 4.69) is 27.3 Å². The molecule has 17 heavy (non-hydrogen) atoms. The Morgan fingerprint density at radius 2 is 2.06 bits per heavy atom. The van der Waals surface area contributed by atoms with Gasteiger partial charge in [-0.1, -0.05) is 6.07 Å². The van der Waals surface area contributed by atoms with Gasteiger partial charge in [0, 0.05) is 32.4 Å². The quantitative estimate of drug-likeness (QED) is 0.739. The minimum Gasteiger partial charge on any atom is -0.354 e. The van der Waals surface area contributed by atoms with E-state index in [1.165, 1.54) is 5.56 Å². The third kappa shape index (κ3) is 3.68. The molecule has 0 aromatic carbocycles. The van der Waals surface area contributed by atoms with Crippen molar-refractivity contribution in [3.8, 4) is 0 Å². The van der Waals surface area contributed by atoms with Crippen molar-refractivity contribution in [2.75, 3.05) is 37.6 Å². The number of aromatic nitrogens is 1. The van der Waals surface area contributed by atoms with Crippen LogP contribution in [-0.4, -0.2) is 37.7 Å². The van der Waals surface area contributed by atoms with Crippen molar-refractivity contribution >= 4 is 5.82 Å². The summed E-state index contributed by atoms with van der Waals surface area (Å²) >= 11 is 0. The number of hydrogen-bond donors (Lipinski definition) is 2. The number of unbranched alkanes of at least 4 members (excludes halogenated alkanes) is 1. The second-order valence-electron chi connectivity index (χ2n) is 4.51. The van der Waals surface area contributed by atoms with Gasteiger partial charge >= 0.3 is 0 Å². The lowest BCUT2D eigenvalue weighted by Gasteiger charge is -2.28. The molecule has 3 N–H and O–H groups in total. The van der Waals surface area contributed by atoms with Gasteiger partial charge < -0.3 is 16.0 Å². The first-order valence-electron chi connectivity index (χ1n) is 6.51. The van der Waals surface area contributed by atoms with Gasteiger partial charge in [-0.3, -0.25) is 0 Å². The summed E-state index contributed by atoms with van der Waals surface area (Å²) in [5, 5.41) is 3.35. The maximum Gasteiger partial charge on any atom is 0.128 e. The second kappa shape index (κ2) is 6.57. The van der Waals surface area contributed by atoms with E-state index in [0.29, 0.717) is 0 Å². The van der Waals surface area contributed by atoms with Gasteiger partial charge in [-0.05, 0) is 37.4 Å². The monoisotopic (exact) mass is 234 g/mol. The van der Waals surface area contributed by atoms with Crippen LogP contribution in [0.1, 0.15) is 18.4 Å². The molecule has 1 aliphatic rings. The van der Waals surface area contributed by atoms with Crippen molar-refractivity contribution in [3.63, 3.8) is 0 Å². The summed E-state index contributed by atoms with van der Waals surface area (Å²) in [6.07, 6.45) is 5.35. The van der Waals surface area contributed by atoms with Crippen LogP contribution >= 0.6 is 0 Å². The van der Waals surface area contributed by atoms with Gasteiger partial charge in [0.25, 0.3) is 0 Å². The van der Waals surface area contributed by atoms with Gasteiger partial charge in [-0.25, -0.2) is 4.98 Å². The fraction of sp³-hybridized carbons (Fsp3) is 0.615. The van der Waals surface area contributed by atoms with Crippen LogP contribution in [0.25, 0.3) is 0 Å². The Hall–Kier alpha value is -1.13. The molecule has 0 bridgehead atoms. The van der Waals surface area contributed by atoms with Crippen LogP contribution in [0.4, 0.5) is 5.82 Å². The highest BCUT2D eigenvalue weighted by atomic mass is 15.2. The molecule has 1 aromatic heterocycles. The summed E-state index contributed by atoms with van der Waals surface area (Å²) in [4.78, 5) is 6.88. The number of nitrogens with one attached hydrogen (secondary N) is 1. The largest absolute Gasteiger partial charge is 0.354 e. The molecule has 0 radical (unpaired) electrons. The van der Waals surface area contributed by atoms with E-state index in [0.717, 1.165) is 57.8 Å². The Kier molecular flexibility index (Phi) is 4.76. The van der Waals surface area contributed by atoms with Crippen molar-refractivity contribution in [1.82, 2.24) is 10.3 Å². The summed E-state index contributed by atoms with van der Waals surface area (Å²) in [7, 11) is 0. The summed E-state index contributed by atoms with van der Waals surface area (Å²) in [5.41, 5.74) is 6.80. The first kappa shape index (κ1) is 12.3. The average Bonchev–Trinajstić information content (AvgIpc) is 2.41. The molecular formula is C13H22N4. The zero-order chi connectivity index (χ0) is 11.9. The number of nitrogens with zero attached hydrogens (tertiary/aromatic N) is 2. The van der Waals surface area contributed by atoms with E-state index in [1.54, 1.807) is 0 Å². The van der Waals surface area contributed by atoms with E-state index < -0.39 is 0 Å². The lowest BCUT2D eigenvalue weighted by molar-refractivity contribution is 0.585. The van der Waals surface area contributed by atoms with Crippen LogP contribution in [0.2, 0.25) is 0 Å². The van der Waals surface area contributed by atoms with Crippen molar-refractivity contribution in [2.24, 2.45) is 5.73 Å². The Labute approximate surface area is 103 Å². The van der Waals surface area contributed by atoms with Gasteiger partial charge in [-0.2, -0.15) is 0 Å². The third-order valence-electron chi connectivity index (χ3n) is 3.17. The van der Waals surface area contributed by atoms with Gasteiger partial charge in [-0.15, -0.1) is 0 Å². The molecule has 94 valence electrons. The van der Waals surface area contributed by atoms with Crippen LogP contribution < -0.4 is 16.0 Å². The molecule has 4 heteroatoms. The molecule has 1 saturated heterocycles. The van der Waals surface area contributed by atoms with Crippen molar-refractivity contribution in [1.29, 1.82) is 0 Å². The van der Waals surface area contributed by atoms with Crippen LogP contribution in [-0.2, 0) is 6.42 Å². The van der Waals surface area contributed by atoms with E-state index in [-0.39, 0.29) is 0 Å². The lowest BCUT2D eigenvalue weighted by Crippen LogP contribution is -2.43. The number of aryl methyl sites for hydroxylation is 1. The van der Waals surface area contributed by atoms with Crippen LogP contribution in [0.3, 0.4) is 0 Å². The zero-order valence-electron chi connectivity index (χ0n) is 10.4. The Bertz CT molecular complexity index is 317. The summed E-state index contributed by atoms with van der Waals surface area (Å²) in [5.74, 6) is 1.11. The number of anilines is 1. The molecule has 0 atom stereocenters. The van der Waals surface area contributed by atoms with Crippen molar-refractivity contribution < 1.29 is 0 Å². The molecule has 2 heterocycles. The summed E-state index contributed by atoms with van der Waals surface area (Å²) < 4.78 is 0. The standard InChI is InChI=1S/C13H22N4/c14-6-2-1-3-12-4-5-13(16-11-12)17-9-7-15-8-10-17/h4-5,11,15H,1-3,6-10,14H2. The van der Waals surface area contributed by atoms with E-state index in [1.807, 2.05) is 6.20 Å². The Morgan fingerprint density at radius 1 is 1.24 bits per heavy atom. The normalized spacial score (nSPS) is 16.2. The van der Waals surface area contributed by atoms with Gasteiger partial charge in [0.15, 0.2) is 0 Å². The Morgan fingerprint density at radius 3 is 2.71 bits per heavy atom. The number of nitrogens with two attached hydrogens (primary N) is 1. The fourth-order valence-electron chi connectivity index (χ4n) is 2.12. The summed E-state index contributed by atoms with van der Waals surface area (Å²) in [6.45, 7) is 5.01. The summed E-state index contributed by atoms with van der Waals surface area (Å²) in [6, 6.07) is 4.34. The molecule has 0 spiro atoms. The van der Waals surface area contributed by atoms with E-state index >= 15 is 0 Å². The molecular weight excluding hydrogens is 212 g/mol.